The fraction of sp³-hybridized carbons (Fsp3) is 0.514. The van der Waals surface area contributed by atoms with Crippen LogP contribution in [0, 0.1) is 35.7 Å². The third-order valence-corrected chi connectivity index (χ3v) is 19.1. The van der Waals surface area contributed by atoms with Crippen molar-refractivity contribution in [1.29, 1.82) is 5.26 Å². The van der Waals surface area contributed by atoms with E-state index in [4.69, 9.17) is 85.7 Å². The van der Waals surface area contributed by atoms with Gasteiger partial charge in [0.05, 0.1) is 27.3 Å². The van der Waals surface area contributed by atoms with Crippen molar-refractivity contribution in [2.45, 2.75) is 123 Å². The summed E-state index contributed by atoms with van der Waals surface area (Å²) in [7, 11) is 16.7. The first-order valence-electron chi connectivity index (χ1n) is 31.2. The van der Waals surface area contributed by atoms with Crippen LogP contribution in [0.3, 0.4) is 0 Å². The van der Waals surface area contributed by atoms with Crippen molar-refractivity contribution < 1.29 is 14.3 Å². The summed E-state index contributed by atoms with van der Waals surface area (Å²) in [5.41, 5.74) is 21.6. The molecule has 0 fully saturated rings. The fourth-order valence-corrected chi connectivity index (χ4v) is 13.8. The molecule has 0 saturated heterocycles. The molecule has 4 aromatic carbocycles. The lowest BCUT2D eigenvalue weighted by Gasteiger charge is -2.21. The molecule has 0 spiro atoms. The van der Waals surface area contributed by atoms with Gasteiger partial charge in [0.1, 0.15) is 0 Å². The zero-order valence-electron chi connectivity index (χ0n) is 56.0. The first-order valence-corrected chi connectivity index (χ1v) is 35.2. The fourth-order valence-electron chi connectivity index (χ4n) is 11.8. The monoisotopic (exact) mass is 1440 g/mol. The Balaban J connectivity index is 0.000000298. The minimum absolute atomic E-state index is 0. The molecule has 0 saturated carbocycles. The highest BCUT2D eigenvalue weighted by Crippen LogP contribution is 2.46. The van der Waals surface area contributed by atoms with Gasteiger partial charge in [-0.25, -0.2) is 11.6 Å². The van der Waals surface area contributed by atoms with Crippen molar-refractivity contribution in [3.8, 4) is 6.07 Å². The Bertz CT molecular complexity index is 3230. The average molecular weight is 1440 g/mol. The Hall–Kier alpha value is -3.78. The standard InChI is InChI=1S/C18H21ClN2S.C16H21ClN2S.C16H21ClN2.C13H16ClNO.C6H13BrO2.C3H5N.ClH/c1-12(18-20-7-9-22-18)17-13(6-8-21(2)3)10-14-11-15(19)4-5-16(14)17;1-10(16(18)20)15-11(6-7-19(2)3)8-12-9-13(17)4-5-14(12)15;1-11(18-2)16-12(7-8-19(3)4)9-13-10-14(17)5-6-15(13)16;1-15(2)6-5-9-7-10-8-11(14)3-4-12(10)13(9)16;1-3-8-6(5-7)9-4-2;1-2-3-4;/h4-5,7,9,11-12H,6,8,10H2,1-3H3;4-5,9-10H,6-8H2,1-3H3,(H2,18,20);5-6,10-12,16H,7-9H2,1,3-4H3;3-4,8-9H,5-7H2,1-2H3;6H,3-5H2,1-2H3;2H2,1H3;1H. The van der Waals surface area contributed by atoms with Crippen LogP contribution in [0.5, 0.6) is 0 Å². The number of nitrogens with zero attached hydrogens (tertiary/aromatic N) is 7. The van der Waals surface area contributed by atoms with Crippen LogP contribution in [0.2, 0.25) is 20.1 Å². The molecule has 9 rings (SSSR count). The van der Waals surface area contributed by atoms with E-state index in [2.05, 4.69) is 143 Å². The number of thiazole rings is 1. The Morgan fingerprint density at radius 2 is 1.19 bits per heavy atom. The number of ether oxygens (including phenoxy) is 2. The molecule has 11 nitrogen and oxygen atoms in total. The summed E-state index contributed by atoms with van der Waals surface area (Å²) in [5, 5.41) is 14.8. The van der Waals surface area contributed by atoms with Crippen LogP contribution in [-0.4, -0.2) is 149 Å². The number of alkyl halides is 1. The van der Waals surface area contributed by atoms with Crippen molar-refractivity contribution in [3.05, 3.63) is 177 Å². The van der Waals surface area contributed by atoms with Gasteiger partial charge in [-0.1, -0.05) is 125 Å². The minimum Gasteiger partial charge on any atom is -0.393 e. The number of ketones is 1. The number of carbonyl (C=O) groups is 1. The van der Waals surface area contributed by atoms with E-state index < -0.39 is 0 Å². The van der Waals surface area contributed by atoms with Gasteiger partial charge in [0.25, 0.3) is 0 Å². The van der Waals surface area contributed by atoms with Crippen LogP contribution in [0.15, 0.2) is 95.5 Å². The average Bonchev–Trinajstić information content (AvgIpc) is 1.68. The number of aromatic nitrogens is 1. The minimum atomic E-state index is -0.0694. The first kappa shape index (κ1) is 81.5. The predicted octanol–water partition coefficient (Wildman–Crippen LogP) is 18.0. The van der Waals surface area contributed by atoms with Crippen LogP contribution < -0.4 is 5.73 Å². The number of thiocarbonyl (C=S) groups is 1. The smallest absolute Gasteiger partial charge is 0.228 e. The van der Waals surface area contributed by atoms with E-state index in [1.807, 2.05) is 84.4 Å². The second-order valence-electron chi connectivity index (χ2n) is 24.3. The van der Waals surface area contributed by atoms with Gasteiger partial charge in [0, 0.05) is 94.6 Å². The number of halogens is 6. The van der Waals surface area contributed by atoms with E-state index >= 15 is 0 Å². The summed E-state index contributed by atoms with van der Waals surface area (Å²) in [6.45, 7) is 25.0. The Morgan fingerprint density at radius 3 is 1.64 bits per heavy atom. The van der Waals surface area contributed by atoms with Gasteiger partial charge in [-0.05, 0) is 245 Å². The number of carbonyl (C=O) groups excluding carboxylic acids is 1. The molecule has 0 radical (unpaired) electrons. The van der Waals surface area contributed by atoms with Crippen molar-refractivity contribution in [3.63, 3.8) is 0 Å². The Labute approximate surface area is 590 Å². The number of allylic oxidation sites excluding steroid dienone is 1. The third-order valence-electron chi connectivity index (χ3n) is 16.3. The number of fused-ring (bicyclic) bond motifs is 4. The summed E-state index contributed by atoms with van der Waals surface area (Å²) in [6, 6.07) is 26.1. The number of nitriles is 1. The molecule has 2 N–H and O–H groups in total. The molecule has 5 aromatic rings. The Morgan fingerprint density at radius 1 is 0.725 bits per heavy atom. The summed E-state index contributed by atoms with van der Waals surface area (Å²) >= 11 is 34.5. The topological polar surface area (TPSA) is 116 Å². The van der Waals surface area contributed by atoms with Crippen molar-refractivity contribution in [1.82, 2.24) is 24.6 Å². The summed E-state index contributed by atoms with van der Waals surface area (Å²) in [6.07, 6.45) is 10.6. The van der Waals surface area contributed by atoms with E-state index in [9.17, 15) is 4.79 Å². The van der Waals surface area contributed by atoms with Crippen molar-refractivity contribution in [2.75, 3.05) is 101 Å². The zero-order valence-corrected chi connectivity index (χ0v) is 63.0. The molecular formula is C72H98BrCl5N8O3S2. The number of hydrogen-bond donors (Lipinski definition) is 1. The van der Waals surface area contributed by atoms with Gasteiger partial charge < -0.3 is 39.7 Å². The lowest BCUT2D eigenvalue weighted by atomic mass is 9.85. The second-order valence-corrected chi connectivity index (χ2v) is 28.1. The third kappa shape index (κ3) is 25.7. The summed E-state index contributed by atoms with van der Waals surface area (Å²) < 4.78 is 10.3. The molecule has 4 aliphatic carbocycles. The molecule has 1 heterocycles. The van der Waals surface area contributed by atoms with Crippen LogP contribution in [0.4, 0.5) is 0 Å². The van der Waals surface area contributed by atoms with Gasteiger partial charge in [-0.2, -0.15) is 5.26 Å². The van der Waals surface area contributed by atoms with Crippen LogP contribution in [0.25, 0.3) is 16.0 Å². The molecule has 91 heavy (non-hydrogen) atoms. The number of Topliss-reactive ketones (excluding diaryl/α,β-unsaturated/α-hetero) is 1. The molecular weight excluding hydrogens is 1350 g/mol. The lowest BCUT2D eigenvalue weighted by molar-refractivity contribution is -0.119. The highest BCUT2D eigenvalue weighted by atomic mass is 79.9. The zero-order chi connectivity index (χ0) is 66.8. The Kier molecular flexibility index (Phi) is 37.5. The molecule has 0 bridgehead atoms. The van der Waals surface area contributed by atoms with E-state index in [1.54, 1.807) is 17.4 Å². The van der Waals surface area contributed by atoms with Crippen LogP contribution >= 0.6 is 98.3 Å². The van der Waals surface area contributed by atoms with E-state index in [-0.39, 0.29) is 42.4 Å². The van der Waals surface area contributed by atoms with Gasteiger partial charge in [0.15, 0.2) is 12.1 Å². The maximum Gasteiger partial charge on any atom is 0.228 e. The molecule has 0 aliphatic heterocycles. The van der Waals surface area contributed by atoms with E-state index in [0.29, 0.717) is 42.4 Å². The molecule has 1 aromatic heterocycles. The van der Waals surface area contributed by atoms with Crippen LogP contribution in [-0.2, 0) is 35.2 Å². The van der Waals surface area contributed by atoms with Gasteiger partial charge in [0.2, 0.25) is 6.04 Å². The maximum absolute atomic E-state index is 12.1. The molecule has 19 heteroatoms. The number of benzene rings is 4. The molecule has 6 unspecified atom stereocenters. The molecule has 4 aliphatic rings. The number of rotatable bonds is 22. The SMILES string of the molecule is CC(C(N)=S)C1=C(CCN(C)C)Cc2cc(Cl)ccc21.CC(C1=C(CCN(C)C)Cc2cc(Cl)ccc21)c1nccs1.CCC#N.CCOC(CBr)OCC.CN(C)CCC1Cc2cc(Cl)ccc2C1=O.Cl.[C-]#[N+]C(C)C1c2ccc(Cl)cc2CC1CCN(C)C. The lowest BCUT2D eigenvalue weighted by Crippen LogP contribution is -2.23. The van der Waals surface area contributed by atoms with Crippen molar-refractivity contribution in [2.24, 2.45) is 23.5 Å². The normalized spacial score (nSPS) is 16.7. The molecule has 6 atom stereocenters. The summed E-state index contributed by atoms with van der Waals surface area (Å²) in [4.78, 5) is 29.7. The van der Waals surface area contributed by atoms with E-state index in [0.717, 1.165) is 114 Å². The van der Waals surface area contributed by atoms with Gasteiger partial charge in [-0.3, -0.25) is 4.79 Å². The number of hydrogen-bond acceptors (Lipinski definition) is 11. The molecule has 0 amide bonds. The maximum atomic E-state index is 12.1. The first-order chi connectivity index (χ1) is 42.8. The van der Waals surface area contributed by atoms with E-state index in [1.165, 1.54) is 60.7 Å². The highest BCUT2D eigenvalue weighted by Gasteiger charge is 2.39. The van der Waals surface area contributed by atoms with Crippen LogP contribution in [0.1, 0.15) is 140 Å². The van der Waals surface area contributed by atoms with Gasteiger partial charge in [-0.15, -0.1) is 23.7 Å². The largest absolute Gasteiger partial charge is 0.393 e. The van der Waals surface area contributed by atoms with Crippen molar-refractivity contribution >= 4 is 120 Å². The highest BCUT2D eigenvalue weighted by molar-refractivity contribution is 9.09. The number of nitrogens with two attached hydrogens (primary N) is 1. The predicted molar refractivity (Wildman–Crippen MR) is 398 cm³/mol. The second kappa shape index (κ2) is 41.9. The quantitative estimate of drug-likeness (QED) is 0.0309. The van der Waals surface area contributed by atoms with Gasteiger partial charge >= 0.3 is 0 Å². The summed E-state index contributed by atoms with van der Waals surface area (Å²) in [5.74, 6) is 1.83. The molecule has 498 valence electrons.